The van der Waals surface area contributed by atoms with Crippen LogP contribution in [0.4, 0.5) is 0 Å². The van der Waals surface area contributed by atoms with Crippen LogP contribution in [0.25, 0.3) is 11.4 Å². The van der Waals surface area contributed by atoms with Crippen LogP contribution in [0.1, 0.15) is 31.2 Å². The zero-order valence-corrected chi connectivity index (χ0v) is 14.9. The Morgan fingerprint density at radius 3 is 2.89 bits per heavy atom. The highest BCUT2D eigenvalue weighted by atomic mass is 16.5. The summed E-state index contributed by atoms with van der Waals surface area (Å²) in [7, 11) is 0. The number of phenols is 1. The van der Waals surface area contributed by atoms with Gasteiger partial charge in [0.05, 0.1) is 23.9 Å². The highest BCUT2D eigenvalue weighted by molar-refractivity contribution is 5.81. The first kappa shape index (κ1) is 16.2. The number of amidine groups is 1. The van der Waals surface area contributed by atoms with Crippen LogP contribution in [0.2, 0.25) is 0 Å². The Labute approximate surface area is 156 Å². The van der Waals surface area contributed by atoms with Crippen LogP contribution in [0.5, 0.6) is 5.75 Å². The predicted molar refractivity (Wildman–Crippen MR) is 101 cm³/mol. The largest absolute Gasteiger partial charge is 0.507 e. The highest BCUT2D eigenvalue weighted by Crippen LogP contribution is 2.42. The van der Waals surface area contributed by atoms with E-state index in [0.717, 1.165) is 25.1 Å². The fourth-order valence-corrected chi connectivity index (χ4v) is 3.72. The summed E-state index contributed by atoms with van der Waals surface area (Å²) >= 11 is 0. The van der Waals surface area contributed by atoms with E-state index in [-0.39, 0.29) is 11.9 Å². The van der Waals surface area contributed by atoms with Crippen molar-refractivity contribution in [3.8, 4) is 11.4 Å². The molecule has 1 aromatic heterocycles. The van der Waals surface area contributed by atoms with Crippen molar-refractivity contribution in [2.75, 3.05) is 6.54 Å². The molecule has 5 rings (SSSR count). The summed E-state index contributed by atoms with van der Waals surface area (Å²) in [6.45, 7) is 0.990. The molecular formula is C19H22N6O2. The molecule has 2 aliphatic heterocycles. The summed E-state index contributed by atoms with van der Waals surface area (Å²) in [4.78, 5) is 8.40. The SMILES string of the molecule is Oc1cc(-n2ccnc2)ccc1C1=CN=C(O[C@H]2CCNC3(CC3)C2)NN1. The van der Waals surface area contributed by atoms with Crippen LogP contribution < -0.4 is 16.2 Å². The fourth-order valence-electron chi connectivity index (χ4n) is 3.72. The number of nitrogens with zero attached hydrogens (tertiary/aromatic N) is 3. The van der Waals surface area contributed by atoms with Crippen molar-refractivity contribution in [2.45, 2.75) is 37.3 Å². The lowest BCUT2D eigenvalue weighted by molar-refractivity contribution is 0.114. The third-order valence-corrected chi connectivity index (χ3v) is 5.41. The van der Waals surface area contributed by atoms with Gasteiger partial charge in [0.1, 0.15) is 11.9 Å². The van der Waals surface area contributed by atoms with Crippen LogP contribution in [0, 0.1) is 0 Å². The number of rotatable bonds is 3. The van der Waals surface area contributed by atoms with E-state index in [9.17, 15) is 5.11 Å². The Morgan fingerprint density at radius 1 is 1.26 bits per heavy atom. The van der Waals surface area contributed by atoms with Gasteiger partial charge in [-0.25, -0.2) is 9.98 Å². The molecule has 0 bridgehead atoms. The third kappa shape index (κ3) is 3.23. The summed E-state index contributed by atoms with van der Waals surface area (Å²) in [5, 5.41) is 14.0. The van der Waals surface area contributed by atoms with Crippen LogP contribution in [-0.4, -0.2) is 38.9 Å². The minimum atomic E-state index is 0.162. The molecule has 27 heavy (non-hydrogen) atoms. The number of imidazole rings is 1. The maximum atomic E-state index is 10.4. The van der Waals surface area contributed by atoms with Crippen molar-refractivity contribution in [1.82, 2.24) is 25.7 Å². The van der Waals surface area contributed by atoms with E-state index in [0.29, 0.717) is 22.8 Å². The van der Waals surface area contributed by atoms with Crippen LogP contribution >= 0.6 is 0 Å². The van der Waals surface area contributed by atoms with Gasteiger partial charge in [-0.3, -0.25) is 10.9 Å². The number of benzene rings is 1. The standard InChI is InChI=1S/C19H22N6O2/c26-17-9-13(25-8-7-20-12-25)1-2-15(17)16-11-21-18(24-23-16)27-14-3-6-22-19(10-14)4-5-19/h1-2,7-9,11-12,14,22-23,26H,3-6,10H2,(H,21,24)/t14-/m0/s1. The first-order valence-electron chi connectivity index (χ1n) is 9.24. The van der Waals surface area contributed by atoms with Gasteiger partial charge < -0.3 is 19.7 Å². The maximum Gasteiger partial charge on any atom is 0.308 e. The lowest BCUT2D eigenvalue weighted by Gasteiger charge is -2.31. The van der Waals surface area contributed by atoms with Crippen molar-refractivity contribution >= 4 is 11.7 Å². The molecule has 2 aromatic rings. The van der Waals surface area contributed by atoms with Gasteiger partial charge in [0.2, 0.25) is 0 Å². The molecule has 1 aromatic carbocycles. The molecule has 0 unspecified atom stereocenters. The van der Waals surface area contributed by atoms with Gasteiger partial charge >= 0.3 is 6.02 Å². The summed E-state index contributed by atoms with van der Waals surface area (Å²) < 4.78 is 7.84. The normalized spacial score (nSPS) is 23.0. The number of aromatic hydroxyl groups is 1. The Kier molecular flexibility index (Phi) is 3.78. The van der Waals surface area contributed by atoms with Gasteiger partial charge in [0.25, 0.3) is 0 Å². The van der Waals surface area contributed by atoms with E-state index in [2.05, 4.69) is 26.1 Å². The van der Waals surface area contributed by atoms with E-state index in [1.807, 2.05) is 22.9 Å². The van der Waals surface area contributed by atoms with E-state index in [4.69, 9.17) is 4.74 Å². The maximum absolute atomic E-state index is 10.4. The molecule has 1 atom stereocenters. The molecule has 1 saturated heterocycles. The molecule has 8 nitrogen and oxygen atoms in total. The van der Waals surface area contributed by atoms with Gasteiger partial charge in [-0.05, 0) is 37.9 Å². The first-order chi connectivity index (χ1) is 13.2. The highest BCUT2D eigenvalue weighted by Gasteiger charge is 2.46. The van der Waals surface area contributed by atoms with Crippen molar-refractivity contribution in [3.63, 3.8) is 0 Å². The average Bonchev–Trinajstić information content (AvgIpc) is 3.20. The van der Waals surface area contributed by atoms with Crippen molar-refractivity contribution in [2.24, 2.45) is 4.99 Å². The van der Waals surface area contributed by atoms with E-state index in [1.54, 1.807) is 24.8 Å². The molecule has 0 radical (unpaired) electrons. The summed E-state index contributed by atoms with van der Waals surface area (Å²) in [6.07, 6.45) is 11.6. The molecule has 3 heterocycles. The number of phenolic OH excluding ortho intramolecular Hbond substituents is 1. The van der Waals surface area contributed by atoms with Gasteiger partial charge in [-0.2, -0.15) is 0 Å². The number of hydrogen-bond acceptors (Lipinski definition) is 7. The van der Waals surface area contributed by atoms with E-state index >= 15 is 0 Å². The lowest BCUT2D eigenvalue weighted by Crippen LogP contribution is -2.47. The quantitative estimate of drug-likeness (QED) is 0.660. The fraction of sp³-hybridized carbons (Fsp3) is 0.368. The molecule has 1 spiro atoms. The molecule has 140 valence electrons. The Bertz CT molecular complexity index is 901. The molecular weight excluding hydrogens is 344 g/mol. The van der Waals surface area contributed by atoms with Crippen LogP contribution in [-0.2, 0) is 4.74 Å². The summed E-state index contributed by atoms with van der Waals surface area (Å²) in [6, 6.07) is 5.92. The number of hydrogen-bond donors (Lipinski definition) is 4. The lowest BCUT2D eigenvalue weighted by atomic mass is 10.00. The molecule has 1 aliphatic carbocycles. The van der Waals surface area contributed by atoms with Crippen molar-refractivity contribution in [1.29, 1.82) is 0 Å². The Morgan fingerprint density at radius 2 is 2.19 bits per heavy atom. The van der Waals surface area contributed by atoms with Crippen molar-refractivity contribution in [3.05, 3.63) is 48.7 Å². The smallest absolute Gasteiger partial charge is 0.308 e. The molecule has 4 N–H and O–H groups in total. The van der Waals surface area contributed by atoms with Crippen molar-refractivity contribution < 1.29 is 9.84 Å². The van der Waals surface area contributed by atoms with Gasteiger partial charge in [-0.15, -0.1) is 0 Å². The average molecular weight is 366 g/mol. The summed E-state index contributed by atoms with van der Waals surface area (Å²) in [5.74, 6) is 0.162. The number of hydrazine groups is 1. The van der Waals surface area contributed by atoms with Crippen LogP contribution in [0.15, 0.2) is 48.1 Å². The Balaban J connectivity index is 1.29. The zero-order chi connectivity index (χ0) is 18.3. The second-order valence-electron chi connectivity index (χ2n) is 7.34. The topological polar surface area (TPSA) is 95.7 Å². The second-order valence-corrected chi connectivity index (χ2v) is 7.34. The van der Waals surface area contributed by atoms with Gasteiger partial charge in [0, 0.05) is 36.0 Å². The molecule has 2 fully saturated rings. The summed E-state index contributed by atoms with van der Waals surface area (Å²) in [5.41, 5.74) is 8.56. The number of ether oxygens (including phenoxy) is 1. The number of nitrogens with one attached hydrogen (secondary N) is 3. The van der Waals surface area contributed by atoms with Gasteiger partial charge in [0.15, 0.2) is 0 Å². The minimum absolute atomic E-state index is 0.162. The number of aromatic nitrogens is 2. The molecule has 0 amide bonds. The monoisotopic (exact) mass is 366 g/mol. The van der Waals surface area contributed by atoms with Crippen LogP contribution in [0.3, 0.4) is 0 Å². The second kappa shape index (κ2) is 6.31. The third-order valence-electron chi connectivity index (χ3n) is 5.41. The van der Waals surface area contributed by atoms with Gasteiger partial charge in [-0.1, -0.05) is 0 Å². The molecule has 1 saturated carbocycles. The zero-order valence-electron chi connectivity index (χ0n) is 14.9. The first-order valence-corrected chi connectivity index (χ1v) is 9.24. The molecule has 3 aliphatic rings. The minimum Gasteiger partial charge on any atom is -0.507 e. The predicted octanol–water partition coefficient (Wildman–Crippen LogP) is 1.64. The Hall–Kier alpha value is -3.00. The van der Waals surface area contributed by atoms with E-state index < -0.39 is 0 Å². The number of aliphatic imine (C=N–C) groups is 1. The molecule has 8 heteroatoms. The number of piperidine rings is 1. The van der Waals surface area contributed by atoms with E-state index in [1.165, 1.54) is 12.8 Å².